The second-order valence-electron chi connectivity index (χ2n) is 2.34. The molecule has 13 heavy (non-hydrogen) atoms. The lowest BCUT2D eigenvalue weighted by atomic mass is 10.1. The van der Waals surface area contributed by atoms with Crippen molar-refractivity contribution in [2.24, 2.45) is 0 Å². The monoisotopic (exact) mass is 170 g/mol. The van der Waals surface area contributed by atoms with Crippen molar-refractivity contribution in [2.75, 3.05) is 7.11 Å². The maximum atomic E-state index is 11.0. The SMILES string of the molecule is [B]C#Cc1ccc(C(=O)OC)cc1. The van der Waals surface area contributed by atoms with Gasteiger partial charge >= 0.3 is 5.97 Å². The Morgan fingerprint density at radius 3 is 2.46 bits per heavy atom. The van der Waals surface area contributed by atoms with Gasteiger partial charge in [-0.15, -0.1) is 0 Å². The normalized spacial score (nSPS) is 8.38. The van der Waals surface area contributed by atoms with Crippen LogP contribution in [0.5, 0.6) is 0 Å². The molecule has 0 fully saturated rings. The van der Waals surface area contributed by atoms with E-state index in [0.717, 1.165) is 5.56 Å². The molecular weight excluding hydrogens is 163 g/mol. The third-order valence-corrected chi connectivity index (χ3v) is 1.52. The molecule has 62 valence electrons. The molecule has 1 aromatic carbocycles. The molecule has 0 atom stereocenters. The molecule has 0 amide bonds. The van der Waals surface area contributed by atoms with Crippen molar-refractivity contribution in [1.82, 2.24) is 0 Å². The maximum absolute atomic E-state index is 11.0. The number of carbonyl (C=O) groups is 1. The highest BCUT2D eigenvalue weighted by Gasteiger charge is 2.02. The van der Waals surface area contributed by atoms with Crippen LogP contribution in [0.25, 0.3) is 0 Å². The van der Waals surface area contributed by atoms with Crippen LogP contribution in [-0.4, -0.2) is 20.9 Å². The van der Waals surface area contributed by atoms with E-state index >= 15 is 0 Å². The van der Waals surface area contributed by atoms with E-state index in [1.807, 2.05) is 0 Å². The number of hydrogen-bond acceptors (Lipinski definition) is 2. The van der Waals surface area contributed by atoms with Crippen molar-refractivity contribution in [2.45, 2.75) is 0 Å². The van der Waals surface area contributed by atoms with Gasteiger partial charge in [-0.25, -0.2) is 4.79 Å². The highest BCUT2D eigenvalue weighted by molar-refractivity contribution is 6.22. The zero-order chi connectivity index (χ0) is 9.68. The Kier molecular flexibility index (Phi) is 3.16. The first-order valence-corrected chi connectivity index (χ1v) is 3.68. The lowest BCUT2D eigenvalue weighted by Crippen LogP contribution is -2.00. The Hall–Kier alpha value is -1.69. The molecule has 0 aliphatic heterocycles. The second kappa shape index (κ2) is 4.37. The van der Waals surface area contributed by atoms with Crippen LogP contribution in [0.1, 0.15) is 15.9 Å². The van der Waals surface area contributed by atoms with Crippen LogP contribution in [-0.2, 0) is 4.74 Å². The van der Waals surface area contributed by atoms with Crippen molar-refractivity contribution < 1.29 is 9.53 Å². The number of methoxy groups -OCH3 is 1. The van der Waals surface area contributed by atoms with E-state index in [2.05, 4.69) is 16.5 Å². The summed E-state index contributed by atoms with van der Waals surface area (Å²) in [5, 5.41) is 0. The van der Waals surface area contributed by atoms with Crippen LogP contribution in [0.2, 0.25) is 0 Å². The Bertz CT molecular complexity index is 357. The van der Waals surface area contributed by atoms with Crippen LogP contribution in [0.3, 0.4) is 0 Å². The molecule has 0 unspecified atom stereocenters. The van der Waals surface area contributed by atoms with Crippen molar-refractivity contribution in [3.63, 3.8) is 0 Å². The Balaban J connectivity index is 2.91. The smallest absolute Gasteiger partial charge is 0.337 e. The zero-order valence-electron chi connectivity index (χ0n) is 7.20. The molecule has 1 rings (SSSR count). The van der Waals surface area contributed by atoms with E-state index in [1.165, 1.54) is 7.11 Å². The van der Waals surface area contributed by atoms with E-state index in [4.69, 9.17) is 7.85 Å². The van der Waals surface area contributed by atoms with Crippen molar-refractivity contribution in [3.05, 3.63) is 35.4 Å². The molecular formula is C10H7BO2. The molecule has 0 N–H and O–H groups in total. The summed E-state index contributed by atoms with van der Waals surface area (Å²) in [6.45, 7) is 0. The van der Waals surface area contributed by atoms with Crippen molar-refractivity contribution in [1.29, 1.82) is 0 Å². The van der Waals surface area contributed by atoms with Gasteiger partial charge in [0.1, 0.15) is 0 Å². The summed E-state index contributed by atoms with van der Waals surface area (Å²) in [5.74, 6) is 4.59. The van der Waals surface area contributed by atoms with Crippen LogP contribution < -0.4 is 0 Å². The molecule has 0 aliphatic carbocycles. The number of benzene rings is 1. The first kappa shape index (κ1) is 9.40. The van der Waals surface area contributed by atoms with Gasteiger partial charge in [-0.05, 0) is 24.3 Å². The summed E-state index contributed by atoms with van der Waals surface area (Å²) < 4.78 is 4.54. The molecule has 3 heteroatoms. The molecule has 0 aliphatic rings. The molecule has 1 aromatic rings. The number of ether oxygens (including phenoxy) is 1. The predicted molar refractivity (Wildman–Crippen MR) is 50.4 cm³/mol. The Morgan fingerprint density at radius 1 is 1.38 bits per heavy atom. The van der Waals surface area contributed by atoms with Crippen LogP contribution in [0.4, 0.5) is 0 Å². The molecule has 2 nitrogen and oxygen atoms in total. The molecule has 2 radical (unpaired) electrons. The fraction of sp³-hybridized carbons (Fsp3) is 0.100. The Labute approximate surface area is 78.3 Å². The van der Waals surface area contributed by atoms with E-state index in [-0.39, 0.29) is 5.97 Å². The highest BCUT2D eigenvalue weighted by atomic mass is 16.5. The topological polar surface area (TPSA) is 26.3 Å². The number of rotatable bonds is 1. The third kappa shape index (κ3) is 2.38. The summed E-state index contributed by atoms with van der Waals surface area (Å²) in [6, 6.07) is 6.72. The van der Waals surface area contributed by atoms with Gasteiger partial charge in [0.05, 0.1) is 12.7 Å². The summed E-state index contributed by atoms with van der Waals surface area (Å²) >= 11 is 0. The molecule has 0 spiro atoms. The van der Waals surface area contributed by atoms with Gasteiger partial charge in [0.2, 0.25) is 0 Å². The lowest BCUT2D eigenvalue weighted by molar-refractivity contribution is 0.0601. The summed E-state index contributed by atoms with van der Waals surface area (Å²) in [5.41, 5.74) is 1.28. The fourth-order valence-corrected chi connectivity index (χ4v) is 0.891. The standard InChI is InChI=1S/C10H7BO2/c1-13-10(12)9-4-2-8(3-5-9)6-7-11/h2-5H,1H3. The van der Waals surface area contributed by atoms with Crippen molar-refractivity contribution in [3.8, 4) is 11.7 Å². The molecule has 0 aromatic heterocycles. The highest BCUT2D eigenvalue weighted by Crippen LogP contribution is 2.04. The number of hydrogen-bond donors (Lipinski definition) is 0. The minimum Gasteiger partial charge on any atom is -0.465 e. The fourth-order valence-electron chi connectivity index (χ4n) is 0.891. The van der Waals surface area contributed by atoms with Crippen LogP contribution in [0, 0.1) is 11.7 Å². The zero-order valence-corrected chi connectivity index (χ0v) is 7.20. The lowest BCUT2D eigenvalue weighted by Gasteiger charge is -1.97. The molecule has 0 saturated heterocycles. The molecule has 0 bridgehead atoms. The van der Waals surface area contributed by atoms with Gasteiger partial charge in [-0.1, -0.05) is 5.92 Å². The van der Waals surface area contributed by atoms with Gasteiger partial charge in [0.25, 0.3) is 0 Å². The van der Waals surface area contributed by atoms with E-state index in [1.54, 1.807) is 24.3 Å². The van der Waals surface area contributed by atoms with Crippen LogP contribution in [0.15, 0.2) is 24.3 Å². The maximum Gasteiger partial charge on any atom is 0.337 e. The predicted octanol–water partition coefficient (Wildman–Crippen LogP) is 0.951. The minimum absolute atomic E-state index is 0.354. The molecule has 0 heterocycles. The van der Waals surface area contributed by atoms with E-state index < -0.39 is 0 Å². The van der Waals surface area contributed by atoms with E-state index in [0.29, 0.717) is 5.56 Å². The second-order valence-corrected chi connectivity index (χ2v) is 2.34. The van der Waals surface area contributed by atoms with Gasteiger partial charge in [-0.2, -0.15) is 5.82 Å². The summed E-state index contributed by atoms with van der Waals surface area (Å²) in [4.78, 5) is 11.0. The quantitative estimate of drug-likeness (QED) is 0.356. The average Bonchev–Trinajstić information content (AvgIpc) is 2.18. The van der Waals surface area contributed by atoms with Crippen molar-refractivity contribution >= 4 is 13.8 Å². The van der Waals surface area contributed by atoms with Gasteiger partial charge in [-0.3, -0.25) is 0 Å². The Morgan fingerprint density at radius 2 is 2.00 bits per heavy atom. The number of esters is 1. The first-order valence-electron chi connectivity index (χ1n) is 3.68. The third-order valence-electron chi connectivity index (χ3n) is 1.52. The van der Waals surface area contributed by atoms with Gasteiger partial charge in [0.15, 0.2) is 7.85 Å². The number of carbonyl (C=O) groups excluding carboxylic acids is 1. The molecule has 0 saturated carbocycles. The van der Waals surface area contributed by atoms with Gasteiger partial charge < -0.3 is 4.74 Å². The van der Waals surface area contributed by atoms with E-state index in [9.17, 15) is 4.79 Å². The first-order chi connectivity index (χ1) is 6.27. The van der Waals surface area contributed by atoms with Crippen LogP contribution >= 0.6 is 0 Å². The largest absolute Gasteiger partial charge is 0.465 e. The average molecular weight is 170 g/mol. The summed E-state index contributed by atoms with van der Waals surface area (Å²) in [6.07, 6.45) is 0. The van der Waals surface area contributed by atoms with Gasteiger partial charge in [0, 0.05) is 5.56 Å². The summed E-state index contributed by atoms with van der Waals surface area (Å²) in [7, 11) is 6.38. The minimum atomic E-state index is -0.354.